The Morgan fingerprint density at radius 1 is 1.50 bits per heavy atom. The largest absolute Gasteiger partial charge is 0.481 e. The molecular weight excluding hydrogens is 228 g/mol. The predicted molar refractivity (Wildman–Crippen MR) is 65.8 cm³/mol. The number of amides is 2. The molecule has 5 nitrogen and oxygen atoms in total. The van der Waals surface area contributed by atoms with Crippen molar-refractivity contribution in [1.82, 2.24) is 10.2 Å². The van der Waals surface area contributed by atoms with Crippen LogP contribution in [0.25, 0.3) is 0 Å². The van der Waals surface area contributed by atoms with Crippen LogP contribution in [0.15, 0.2) is 0 Å². The molecule has 2 N–H and O–H groups in total. The van der Waals surface area contributed by atoms with Crippen molar-refractivity contribution in [2.45, 2.75) is 13.3 Å². The van der Waals surface area contributed by atoms with Crippen molar-refractivity contribution < 1.29 is 14.7 Å². The number of nitrogens with zero attached hydrogens (tertiary/aromatic N) is 1. The first-order chi connectivity index (χ1) is 7.52. The molecule has 1 atom stereocenters. The normalized spacial score (nSPS) is 11.9. The molecule has 94 valence electrons. The third-order valence-corrected chi connectivity index (χ3v) is 2.91. The summed E-state index contributed by atoms with van der Waals surface area (Å²) in [6.45, 7) is 2.65. The minimum Gasteiger partial charge on any atom is -0.481 e. The number of carboxylic acids is 1. The third-order valence-electron chi connectivity index (χ3n) is 2.32. The lowest BCUT2D eigenvalue weighted by molar-refractivity contribution is -0.141. The summed E-state index contributed by atoms with van der Waals surface area (Å²) >= 11 is 1.67. The first-order valence-corrected chi connectivity index (χ1v) is 6.63. The Morgan fingerprint density at radius 3 is 2.56 bits per heavy atom. The summed E-state index contributed by atoms with van der Waals surface area (Å²) < 4.78 is 0. The highest BCUT2D eigenvalue weighted by Gasteiger charge is 2.16. The lowest BCUT2D eigenvalue weighted by Gasteiger charge is -2.18. The molecule has 0 spiro atoms. The van der Waals surface area contributed by atoms with Gasteiger partial charge in [0, 0.05) is 25.9 Å². The number of rotatable bonds is 7. The SMILES string of the molecule is CCC(CNC(=O)N(C)CCSC)C(=O)O. The van der Waals surface area contributed by atoms with Crippen molar-refractivity contribution in [3.8, 4) is 0 Å². The molecule has 0 saturated carbocycles. The molecule has 0 aliphatic heterocycles. The number of hydrogen-bond acceptors (Lipinski definition) is 3. The van der Waals surface area contributed by atoms with Crippen molar-refractivity contribution in [2.75, 3.05) is 32.1 Å². The van der Waals surface area contributed by atoms with E-state index in [4.69, 9.17) is 5.11 Å². The number of hydrogen-bond donors (Lipinski definition) is 2. The van der Waals surface area contributed by atoms with E-state index in [1.54, 1.807) is 30.6 Å². The molecule has 0 bridgehead atoms. The van der Waals surface area contributed by atoms with E-state index in [0.29, 0.717) is 13.0 Å². The molecule has 0 heterocycles. The zero-order chi connectivity index (χ0) is 12.6. The highest BCUT2D eigenvalue weighted by atomic mass is 32.2. The number of urea groups is 1. The summed E-state index contributed by atoms with van der Waals surface area (Å²) in [6, 6.07) is -0.214. The molecule has 0 aromatic rings. The summed E-state index contributed by atoms with van der Waals surface area (Å²) in [5.41, 5.74) is 0. The van der Waals surface area contributed by atoms with Gasteiger partial charge in [-0.3, -0.25) is 4.79 Å². The van der Waals surface area contributed by atoms with Crippen LogP contribution in [0, 0.1) is 5.92 Å². The first-order valence-electron chi connectivity index (χ1n) is 5.23. The van der Waals surface area contributed by atoms with Crippen LogP contribution in [0.4, 0.5) is 4.79 Å². The summed E-state index contributed by atoms with van der Waals surface area (Å²) in [4.78, 5) is 23.8. The van der Waals surface area contributed by atoms with Crippen LogP contribution in [-0.4, -0.2) is 54.2 Å². The summed E-state index contributed by atoms with van der Waals surface area (Å²) in [5, 5.41) is 11.4. The lowest BCUT2D eigenvalue weighted by atomic mass is 10.1. The molecule has 0 aliphatic carbocycles. The Bertz CT molecular complexity index is 236. The minimum atomic E-state index is -0.866. The van der Waals surface area contributed by atoms with E-state index in [9.17, 15) is 9.59 Å². The number of nitrogens with one attached hydrogen (secondary N) is 1. The van der Waals surface area contributed by atoms with Crippen molar-refractivity contribution in [2.24, 2.45) is 5.92 Å². The van der Waals surface area contributed by atoms with Crippen LogP contribution in [0.3, 0.4) is 0 Å². The average Bonchev–Trinajstić information content (AvgIpc) is 2.25. The van der Waals surface area contributed by atoms with Gasteiger partial charge in [0.05, 0.1) is 5.92 Å². The van der Waals surface area contributed by atoms with Gasteiger partial charge in [-0.15, -0.1) is 0 Å². The molecule has 0 radical (unpaired) electrons. The van der Waals surface area contributed by atoms with E-state index in [1.165, 1.54) is 0 Å². The van der Waals surface area contributed by atoms with Gasteiger partial charge in [0.15, 0.2) is 0 Å². The van der Waals surface area contributed by atoms with Crippen LogP contribution in [0.1, 0.15) is 13.3 Å². The molecular formula is C10H20N2O3S. The quantitative estimate of drug-likeness (QED) is 0.708. The highest BCUT2D eigenvalue weighted by molar-refractivity contribution is 7.98. The molecule has 16 heavy (non-hydrogen) atoms. The van der Waals surface area contributed by atoms with Crippen LogP contribution < -0.4 is 5.32 Å². The fraction of sp³-hybridized carbons (Fsp3) is 0.800. The number of thioether (sulfide) groups is 1. The van der Waals surface area contributed by atoms with Gasteiger partial charge in [-0.25, -0.2) is 4.79 Å². The second-order valence-electron chi connectivity index (χ2n) is 3.54. The zero-order valence-corrected chi connectivity index (χ0v) is 10.8. The van der Waals surface area contributed by atoms with Gasteiger partial charge in [0.2, 0.25) is 0 Å². The number of carboxylic acid groups (broad SMARTS) is 1. The van der Waals surface area contributed by atoms with E-state index >= 15 is 0 Å². The number of aliphatic carboxylic acids is 1. The van der Waals surface area contributed by atoms with Crippen LogP contribution in [0.5, 0.6) is 0 Å². The van der Waals surface area contributed by atoms with Crippen molar-refractivity contribution >= 4 is 23.8 Å². The van der Waals surface area contributed by atoms with Crippen LogP contribution >= 0.6 is 11.8 Å². The van der Waals surface area contributed by atoms with Gasteiger partial charge < -0.3 is 15.3 Å². The fourth-order valence-corrected chi connectivity index (χ4v) is 1.54. The molecule has 0 aliphatic rings. The summed E-state index contributed by atoms with van der Waals surface area (Å²) in [6.07, 6.45) is 2.49. The Balaban J connectivity index is 3.91. The van der Waals surface area contributed by atoms with Crippen LogP contribution in [0.2, 0.25) is 0 Å². The molecule has 0 fully saturated rings. The van der Waals surface area contributed by atoms with E-state index in [2.05, 4.69) is 5.32 Å². The molecule has 0 aromatic heterocycles. The predicted octanol–water partition coefficient (Wildman–Crippen LogP) is 1.10. The molecule has 2 amide bonds. The lowest BCUT2D eigenvalue weighted by Crippen LogP contribution is -2.41. The standard InChI is InChI=1S/C10H20N2O3S/c1-4-8(9(13)14)7-11-10(15)12(2)5-6-16-3/h8H,4-7H2,1-3H3,(H,11,15)(H,13,14). The Kier molecular flexibility index (Phi) is 7.80. The topological polar surface area (TPSA) is 69.6 Å². The fourth-order valence-electron chi connectivity index (χ4n) is 1.08. The second kappa shape index (κ2) is 8.27. The molecule has 1 unspecified atom stereocenters. The van der Waals surface area contributed by atoms with Crippen molar-refractivity contribution in [3.05, 3.63) is 0 Å². The van der Waals surface area contributed by atoms with Gasteiger partial charge in [-0.05, 0) is 12.7 Å². The Labute approximate surface area is 101 Å². The summed E-state index contributed by atoms with van der Waals surface area (Å²) in [5.74, 6) is -0.493. The molecule has 0 rings (SSSR count). The van der Waals surface area contributed by atoms with Crippen molar-refractivity contribution in [1.29, 1.82) is 0 Å². The minimum absolute atomic E-state index is 0.189. The third kappa shape index (κ3) is 5.85. The van der Waals surface area contributed by atoms with Crippen molar-refractivity contribution in [3.63, 3.8) is 0 Å². The summed E-state index contributed by atoms with van der Waals surface area (Å²) in [7, 11) is 1.70. The van der Waals surface area contributed by atoms with Crippen LogP contribution in [-0.2, 0) is 4.79 Å². The van der Waals surface area contributed by atoms with E-state index < -0.39 is 11.9 Å². The van der Waals surface area contributed by atoms with E-state index in [-0.39, 0.29) is 12.6 Å². The monoisotopic (exact) mass is 248 g/mol. The maximum absolute atomic E-state index is 11.5. The molecule has 0 aromatic carbocycles. The zero-order valence-electron chi connectivity index (χ0n) is 10.0. The second-order valence-corrected chi connectivity index (χ2v) is 4.53. The van der Waals surface area contributed by atoms with Gasteiger partial charge >= 0.3 is 12.0 Å². The van der Waals surface area contributed by atoms with Gasteiger partial charge in [-0.2, -0.15) is 11.8 Å². The van der Waals surface area contributed by atoms with E-state index in [1.807, 2.05) is 6.26 Å². The van der Waals surface area contributed by atoms with Gasteiger partial charge in [-0.1, -0.05) is 6.92 Å². The Hall–Kier alpha value is -0.910. The maximum Gasteiger partial charge on any atom is 0.317 e. The van der Waals surface area contributed by atoms with Gasteiger partial charge in [0.25, 0.3) is 0 Å². The smallest absolute Gasteiger partial charge is 0.317 e. The average molecular weight is 248 g/mol. The highest BCUT2D eigenvalue weighted by Crippen LogP contribution is 2.01. The maximum atomic E-state index is 11.5. The number of carbonyl (C=O) groups is 2. The Morgan fingerprint density at radius 2 is 2.12 bits per heavy atom. The molecule has 6 heteroatoms. The van der Waals surface area contributed by atoms with E-state index in [0.717, 1.165) is 5.75 Å². The molecule has 0 saturated heterocycles. The number of carbonyl (C=O) groups excluding carboxylic acids is 1. The van der Waals surface area contributed by atoms with Gasteiger partial charge in [0.1, 0.15) is 0 Å². The first kappa shape index (κ1) is 15.1.